The summed E-state index contributed by atoms with van der Waals surface area (Å²) in [7, 11) is 0. The molecule has 3 heterocycles. The van der Waals surface area contributed by atoms with E-state index in [4.69, 9.17) is 0 Å². The molecular weight excluding hydrogens is 356 g/mol. The predicted octanol–water partition coefficient (Wildman–Crippen LogP) is 2.70. The third kappa shape index (κ3) is 4.20. The standard InChI is InChI=1S/C18H26N2O3S2/c1-2-24-16-5-4-14(25-16)17(23)20-9-3-7-18(13-20)8-6-15(22)19(12-18)10-11-21/h4-5,21H,2-3,6-13H2,1H3/t18-/m0/s1. The summed E-state index contributed by atoms with van der Waals surface area (Å²) < 4.78 is 1.19. The van der Waals surface area contributed by atoms with Crippen LogP contribution in [-0.2, 0) is 4.79 Å². The van der Waals surface area contributed by atoms with Crippen molar-refractivity contribution in [3.63, 3.8) is 0 Å². The Morgan fingerprint density at radius 3 is 2.96 bits per heavy atom. The molecule has 2 saturated heterocycles. The van der Waals surface area contributed by atoms with E-state index in [1.807, 2.05) is 17.0 Å². The van der Waals surface area contributed by atoms with Gasteiger partial charge in [0.25, 0.3) is 5.91 Å². The number of hydrogen-bond acceptors (Lipinski definition) is 5. The molecule has 0 radical (unpaired) electrons. The van der Waals surface area contributed by atoms with Crippen molar-refractivity contribution in [1.82, 2.24) is 9.80 Å². The van der Waals surface area contributed by atoms with E-state index < -0.39 is 0 Å². The Bertz CT molecular complexity index is 634. The Morgan fingerprint density at radius 1 is 1.36 bits per heavy atom. The molecule has 1 N–H and O–H groups in total. The smallest absolute Gasteiger partial charge is 0.263 e. The van der Waals surface area contributed by atoms with Crippen LogP contribution in [0.2, 0.25) is 0 Å². The summed E-state index contributed by atoms with van der Waals surface area (Å²) in [6.07, 6.45) is 3.40. The minimum absolute atomic E-state index is 0.00245. The maximum Gasteiger partial charge on any atom is 0.263 e. The number of carbonyl (C=O) groups is 2. The minimum atomic E-state index is -0.00471. The van der Waals surface area contributed by atoms with E-state index in [9.17, 15) is 14.7 Å². The van der Waals surface area contributed by atoms with E-state index in [-0.39, 0.29) is 23.8 Å². The zero-order valence-electron chi connectivity index (χ0n) is 14.7. The first-order valence-corrected chi connectivity index (χ1v) is 10.8. The molecule has 138 valence electrons. The van der Waals surface area contributed by atoms with E-state index in [1.54, 1.807) is 28.0 Å². The van der Waals surface area contributed by atoms with Crippen LogP contribution in [0, 0.1) is 5.41 Å². The summed E-state index contributed by atoms with van der Waals surface area (Å²) in [5.74, 6) is 1.26. The number of aliphatic hydroxyl groups is 1. The lowest BCUT2D eigenvalue weighted by Crippen LogP contribution is -2.55. The van der Waals surface area contributed by atoms with Crippen LogP contribution < -0.4 is 0 Å². The van der Waals surface area contributed by atoms with Gasteiger partial charge in [0.05, 0.1) is 15.7 Å². The van der Waals surface area contributed by atoms with E-state index in [2.05, 4.69) is 6.92 Å². The van der Waals surface area contributed by atoms with E-state index in [1.165, 1.54) is 4.21 Å². The molecule has 0 unspecified atom stereocenters. The maximum absolute atomic E-state index is 12.9. The van der Waals surface area contributed by atoms with Gasteiger partial charge < -0.3 is 14.9 Å². The van der Waals surface area contributed by atoms with Crippen LogP contribution in [0.1, 0.15) is 42.3 Å². The van der Waals surface area contributed by atoms with Crippen LogP contribution >= 0.6 is 23.1 Å². The molecule has 2 amide bonds. The average Bonchev–Trinajstić information content (AvgIpc) is 3.07. The Labute approximate surface area is 157 Å². The van der Waals surface area contributed by atoms with Crippen LogP contribution in [-0.4, -0.2) is 65.3 Å². The number of amides is 2. The van der Waals surface area contributed by atoms with Gasteiger partial charge in [0.2, 0.25) is 5.91 Å². The highest BCUT2D eigenvalue weighted by molar-refractivity contribution is 8.01. The molecule has 5 nitrogen and oxygen atoms in total. The van der Waals surface area contributed by atoms with Crippen molar-refractivity contribution in [1.29, 1.82) is 0 Å². The predicted molar refractivity (Wildman–Crippen MR) is 101 cm³/mol. The summed E-state index contributed by atoms with van der Waals surface area (Å²) in [6, 6.07) is 3.97. The first kappa shape index (κ1) is 18.7. The lowest BCUT2D eigenvalue weighted by atomic mass is 9.73. The first-order chi connectivity index (χ1) is 12.1. The molecule has 0 bridgehead atoms. The number of hydrogen-bond donors (Lipinski definition) is 1. The molecule has 1 aromatic heterocycles. The van der Waals surface area contributed by atoms with Gasteiger partial charge >= 0.3 is 0 Å². The molecule has 0 saturated carbocycles. The molecule has 2 fully saturated rings. The van der Waals surface area contributed by atoms with Gasteiger partial charge in [-0.3, -0.25) is 9.59 Å². The molecule has 2 aliphatic rings. The van der Waals surface area contributed by atoms with Crippen LogP contribution in [0.4, 0.5) is 0 Å². The van der Waals surface area contributed by atoms with Crippen LogP contribution in [0.25, 0.3) is 0 Å². The fourth-order valence-corrected chi connectivity index (χ4v) is 5.96. The van der Waals surface area contributed by atoms with Gasteiger partial charge in [-0.2, -0.15) is 0 Å². The minimum Gasteiger partial charge on any atom is -0.395 e. The highest BCUT2D eigenvalue weighted by Gasteiger charge is 2.42. The monoisotopic (exact) mass is 382 g/mol. The summed E-state index contributed by atoms with van der Waals surface area (Å²) >= 11 is 3.35. The van der Waals surface area contributed by atoms with Gasteiger partial charge in [-0.1, -0.05) is 6.92 Å². The van der Waals surface area contributed by atoms with Gasteiger partial charge in [0, 0.05) is 38.0 Å². The molecule has 1 spiro atoms. The number of nitrogens with zero attached hydrogens (tertiary/aromatic N) is 2. The summed E-state index contributed by atoms with van der Waals surface area (Å²) in [5, 5.41) is 9.20. The second kappa shape index (κ2) is 8.10. The lowest BCUT2D eigenvalue weighted by Gasteiger charge is -2.48. The number of β-amino-alcohol motifs (C(OH)–C–C–N with tert-alkyl or cyclic N) is 1. The molecule has 3 rings (SSSR count). The van der Waals surface area contributed by atoms with Crippen molar-refractivity contribution in [2.75, 3.05) is 38.5 Å². The van der Waals surface area contributed by atoms with Gasteiger partial charge in [0.15, 0.2) is 0 Å². The van der Waals surface area contributed by atoms with Crippen LogP contribution in [0.5, 0.6) is 0 Å². The summed E-state index contributed by atoms with van der Waals surface area (Å²) in [4.78, 5) is 29.5. The SMILES string of the molecule is CCSc1ccc(C(=O)N2CCC[C@@]3(CCC(=O)N(CCO)C3)C2)s1. The highest BCUT2D eigenvalue weighted by atomic mass is 32.2. The fraction of sp³-hybridized carbons (Fsp3) is 0.667. The third-order valence-electron chi connectivity index (χ3n) is 5.15. The topological polar surface area (TPSA) is 60.9 Å². The zero-order valence-corrected chi connectivity index (χ0v) is 16.3. The molecule has 1 aromatic rings. The molecule has 0 aliphatic carbocycles. The molecule has 2 aliphatic heterocycles. The highest BCUT2D eigenvalue weighted by Crippen LogP contribution is 2.39. The number of piperidine rings is 2. The molecule has 1 atom stereocenters. The van der Waals surface area contributed by atoms with Crippen molar-refractivity contribution in [3.8, 4) is 0 Å². The van der Waals surface area contributed by atoms with Gasteiger partial charge in [-0.25, -0.2) is 0 Å². The largest absolute Gasteiger partial charge is 0.395 e. The summed E-state index contributed by atoms with van der Waals surface area (Å²) in [6.45, 7) is 4.69. The van der Waals surface area contributed by atoms with Crippen molar-refractivity contribution < 1.29 is 14.7 Å². The number of thioether (sulfide) groups is 1. The van der Waals surface area contributed by atoms with Crippen molar-refractivity contribution in [3.05, 3.63) is 17.0 Å². The Hall–Kier alpha value is -1.05. The third-order valence-corrected chi connectivity index (χ3v) is 7.33. The van der Waals surface area contributed by atoms with Crippen molar-refractivity contribution >= 4 is 34.9 Å². The molecular formula is C18H26N2O3S2. The number of likely N-dealkylation sites (tertiary alicyclic amines) is 2. The number of rotatable bonds is 5. The fourth-order valence-electron chi connectivity index (χ4n) is 3.95. The second-order valence-corrected chi connectivity index (χ2v) is 9.57. The number of carbonyl (C=O) groups excluding carboxylic acids is 2. The van der Waals surface area contributed by atoms with Gasteiger partial charge in [0.1, 0.15) is 0 Å². The van der Waals surface area contributed by atoms with Gasteiger partial charge in [-0.05, 0) is 37.1 Å². The Morgan fingerprint density at radius 2 is 2.20 bits per heavy atom. The molecule has 25 heavy (non-hydrogen) atoms. The normalized spacial score (nSPS) is 24.2. The number of aliphatic hydroxyl groups excluding tert-OH is 1. The van der Waals surface area contributed by atoms with Crippen LogP contribution in [0.15, 0.2) is 16.3 Å². The van der Waals surface area contributed by atoms with E-state index in [0.717, 1.165) is 43.0 Å². The van der Waals surface area contributed by atoms with E-state index >= 15 is 0 Å². The van der Waals surface area contributed by atoms with Gasteiger partial charge in [-0.15, -0.1) is 23.1 Å². The van der Waals surface area contributed by atoms with Crippen LogP contribution in [0.3, 0.4) is 0 Å². The Balaban J connectivity index is 1.69. The Kier molecular flexibility index (Phi) is 6.07. The lowest BCUT2D eigenvalue weighted by molar-refractivity contribution is -0.139. The molecule has 0 aromatic carbocycles. The zero-order chi connectivity index (χ0) is 17.9. The van der Waals surface area contributed by atoms with E-state index in [0.29, 0.717) is 19.5 Å². The summed E-state index contributed by atoms with van der Waals surface area (Å²) in [5.41, 5.74) is -0.00471. The van der Waals surface area contributed by atoms with Crippen molar-refractivity contribution in [2.24, 2.45) is 5.41 Å². The average molecular weight is 383 g/mol. The second-order valence-electron chi connectivity index (χ2n) is 6.92. The molecule has 7 heteroatoms. The van der Waals surface area contributed by atoms with Crippen molar-refractivity contribution in [2.45, 2.75) is 36.8 Å². The quantitative estimate of drug-likeness (QED) is 0.796. The first-order valence-electron chi connectivity index (χ1n) is 8.97. The number of thiophene rings is 1. The maximum atomic E-state index is 12.9.